The van der Waals surface area contributed by atoms with Crippen LogP contribution in [0.4, 0.5) is 26.7 Å². The fraction of sp³-hybridized carbons (Fsp3) is 0.364. The number of amides is 3. The van der Waals surface area contributed by atoms with Gasteiger partial charge in [-0.3, -0.25) is 4.90 Å². The minimum absolute atomic E-state index is 0.101. The second-order valence-corrected chi connectivity index (χ2v) is 7.45. The van der Waals surface area contributed by atoms with Crippen LogP contribution in [0, 0.1) is 0 Å². The summed E-state index contributed by atoms with van der Waals surface area (Å²) >= 11 is 0. The van der Waals surface area contributed by atoms with E-state index in [4.69, 9.17) is 4.74 Å². The van der Waals surface area contributed by atoms with Crippen LogP contribution in [0.2, 0.25) is 0 Å². The van der Waals surface area contributed by atoms with Crippen molar-refractivity contribution in [1.29, 1.82) is 0 Å². The first-order valence-electron chi connectivity index (χ1n) is 9.98. The summed E-state index contributed by atoms with van der Waals surface area (Å²) in [6, 6.07) is 15.5. The Morgan fingerprint density at radius 2 is 2.03 bits per heavy atom. The van der Waals surface area contributed by atoms with Crippen LogP contribution in [-0.2, 0) is 11.3 Å². The number of benzene rings is 2. The number of cyclic esters (lactones) is 1. The molecule has 4 rings (SSSR count). The highest BCUT2D eigenvalue weighted by Crippen LogP contribution is 2.28. The Morgan fingerprint density at radius 3 is 2.79 bits per heavy atom. The van der Waals surface area contributed by atoms with Gasteiger partial charge in [-0.05, 0) is 36.2 Å². The van der Waals surface area contributed by atoms with E-state index < -0.39 is 0 Å². The maximum absolute atomic E-state index is 13.2. The molecule has 152 valence electrons. The van der Waals surface area contributed by atoms with Crippen LogP contribution in [0.1, 0.15) is 18.9 Å². The second kappa shape index (κ2) is 8.03. The Balaban J connectivity index is 1.55. The summed E-state index contributed by atoms with van der Waals surface area (Å²) in [6.45, 7) is 4.34. The van der Waals surface area contributed by atoms with Crippen molar-refractivity contribution in [3.05, 3.63) is 54.1 Å². The van der Waals surface area contributed by atoms with E-state index in [1.807, 2.05) is 41.3 Å². The van der Waals surface area contributed by atoms with Gasteiger partial charge < -0.3 is 19.9 Å². The van der Waals surface area contributed by atoms with Gasteiger partial charge in [-0.1, -0.05) is 31.2 Å². The van der Waals surface area contributed by atoms with Crippen molar-refractivity contribution in [3.8, 4) is 0 Å². The molecule has 0 aromatic heterocycles. The Bertz CT molecular complexity index is 916. The molecule has 7 heteroatoms. The quantitative estimate of drug-likeness (QED) is 0.857. The predicted molar refractivity (Wildman–Crippen MR) is 113 cm³/mol. The number of urea groups is 1. The van der Waals surface area contributed by atoms with Crippen LogP contribution in [0.15, 0.2) is 48.5 Å². The van der Waals surface area contributed by atoms with E-state index in [1.54, 1.807) is 4.90 Å². The van der Waals surface area contributed by atoms with Crippen LogP contribution in [-0.4, -0.2) is 49.8 Å². The lowest BCUT2D eigenvalue weighted by Crippen LogP contribution is -2.45. The van der Waals surface area contributed by atoms with Crippen LogP contribution >= 0.6 is 0 Å². The molecule has 0 saturated carbocycles. The van der Waals surface area contributed by atoms with Crippen molar-refractivity contribution in [2.45, 2.75) is 25.9 Å². The van der Waals surface area contributed by atoms with Gasteiger partial charge in [-0.2, -0.15) is 0 Å². The van der Waals surface area contributed by atoms with Crippen LogP contribution in [0.25, 0.3) is 0 Å². The molecular formula is C22H26N4O3. The first-order chi connectivity index (χ1) is 14.1. The van der Waals surface area contributed by atoms with Crippen LogP contribution < -0.4 is 15.1 Å². The molecule has 1 atom stereocenters. The summed E-state index contributed by atoms with van der Waals surface area (Å²) in [6.07, 6.45) is 0.512. The second-order valence-electron chi connectivity index (χ2n) is 7.45. The maximum Gasteiger partial charge on any atom is 0.414 e. The molecule has 0 unspecified atom stereocenters. The zero-order valence-electron chi connectivity index (χ0n) is 16.8. The van der Waals surface area contributed by atoms with E-state index in [0.29, 0.717) is 25.4 Å². The van der Waals surface area contributed by atoms with E-state index in [-0.39, 0.29) is 18.2 Å². The molecular weight excluding hydrogens is 368 g/mol. The van der Waals surface area contributed by atoms with Crippen molar-refractivity contribution < 1.29 is 14.3 Å². The maximum atomic E-state index is 13.2. The van der Waals surface area contributed by atoms with E-state index in [9.17, 15) is 9.59 Å². The molecule has 3 amide bonds. The van der Waals surface area contributed by atoms with E-state index in [1.165, 1.54) is 0 Å². The normalized spacial score (nSPS) is 18.9. The number of hydrogen-bond donors (Lipinski definition) is 1. The van der Waals surface area contributed by atoms with Crippen molar-refractivity contribution >= 4 is 29.2 Å². The molecule has 0 spiro atoms. The monoisotopic (exact) mass is 394 g/mol. The Morgan fingerprint density at radius 1 is 1.21 bits per heavy atom. The van der Waals surface area contributed by atoms with Gasteiger partial charge in [-0.15, -0.1) is 0 Å². The van der Waals surface area contributed by atoms with Crippen molar-refractivity contribution in [1.82, 2.24) is 4.90 Å². The highest BCUT2D eigenvalue weighted by atomic mass is 16.6. The summed E-state index contributed by atoms with van der Waals surface area (Å²) in [7, 11) is 2.07. The van der Waals surface area contributed by atoms with E-state index >= 15 is 0 Å². The first kappa shape index (κ1) is 19.1. The molecule has 2 aromatic carbocycles. The van der Waals surface area contributed by atoms with Crippen molar-refractivity contribution in [2.24, 2.45) is 0 Å². The molecule has 1 fully saturated rings. The minimum Gasteiger partial charge on any atom is -0.447 e. The largest absolute Gasteiger partial charge is 0.447 e. The topological polar surface area (TPSA) is 65.1 Å². The lowest BCUT2D eigenvalue weighted by molar-refractivity contribution is 0.181. The van der Waals surface area contributed by atoms with Gasteiger partial charge in [0.1, 0.15) is 6.61 Å². The highest BCUT2D eigenvalue weighted by Gasteiger charge is 2.29. The molecule has 0 radical (unpaired) electrons. The third kappa shape index (κ3) is 3.85. The van der Waals surface area contributed by atoms with Gasteiger partial charge in [0.05, 0.1) is 12.6 Å². The summed E-state index contributed by atoms with van der Waals surface area (Å²) in [5, 5.41) is 3.02. The van der Waals surface area contributed by atoms with E-state index in [2.05, 4.69) is 36.3 Å². The standard InChI is InChI=1S/C22H26N4O3/c1-3-18-15-24(2)20-10-5-4-7-16(20)14-26(18)21(27)23-17-8-6-9-19(13-17)25-11-12-29-22(25)28/h4-10,13,18H,3,11-12,14-15H2,1-2H3,(H,23,27)/t18-/m0/s1. The minimum atomic E-state index is -0.355. The Hall–Kier alpha value is -3.22. The molecule has 0 bridgehead atoms. The third-order valence-corrected chi connectivity index (χ3v) is 5.57. The summed E-state index contributed by atoms with van der Waals surface area (Å²) in [5.74, 6) is 0. The molecule has 1 saturated heterocycles. The van der Waals surface area contributed by atoms with Gasteiger partial charge in [0.15, 0.2) is 0 Å². The first-order valence-corrected chi connectivity index (χ1v) is 9.98. The number of ether oxygens (including phenoxy) is 1. The number of fused-ring (bicyclic) bond motifs is 1. The molecule has 2 aliphatic rings. The van der Waals surface area contributed by atoms with Crippen LogP contribution in [0.3, 0.4) is 0 Å². The predicted octanol–water partition coefficient (Wildman–Crippen LogP) is 3.91. The number of likely N-dealkylation sites (N-methyl/N-ethyl adjacent to an activating group) is 1. The Labute approximate surface area is 170 Å². The highest BCUT2D eigenvalue weighted by molar-refractivity contribution is 5.93. The lowest BCUT2D eigenvalue weighted by Gasteiger charge is -2.30. The molecule has 1 N–H and O–H groups in total. The summed E-state index contributed by atoms with van der Waals surface area (Å²) in [5.41, 5.74) is 3.68. The van der Waals surface area contributed by atoms with Gasteiger partial charge >= 0.3 is 12.1 Å². The summed E-state index contributed by atoms with van der Waals surface area (Å²) in [4.78, 5) is 30.7. The average molecular weight is 394 g/mol. The molecule has 7 nitrogen and oxygen atoms in total. The molecule has 0 aliphatic carbocycles. The van der Waals surface area contributed by atoms with Gasteiger partial charge in [0.2, 0.25) is 0 Å². The van der Waals surface area contributed by atoms with Gasteiger partial charge in [0.25, 0.3) is 0 Å². The fourth-order valence-electron chi connectivity index (χ4n) is 4.00. The van der Waals surface area contributed by atoms with E-state index in [0.717, 1.165) is 29.9 Å². The van der Waals surface area contributed by atoms with Gasteiger partial charge in [0, 0.05) is 37.2 Å². The number of nitrogens with one attached hydrogen (secondary N) is 1. The van der Waals surface area contributed by atoms with Gasteiger partial charge in [-0.25, -0.2) is 9.59 Å². The molecule has 2 heterocycles. The Kier molecular flexibility index (Phi) is 5.29. The third-order valence-electron chi connectivity index (χ3n) is 5.57. The number of carbonyl (C=O) groups excluding carboxylic acids is 2. The van der Waals surface area contributed by atoms with Crippen molar-refractivity contribution in [2.75, 3.05) is 41.9 Å². The number of hydrogen-bond acceptors (Lipinski definition) is 4. The summed E-state index contributed by atoms with van der Waals surface area (Å²) < 4.78 is 5.01. The zero-order valence-corrected chi connectivity index (χ0v) is 16.8. The SMILES string of the molecule is CC[C@H]1CN(C)c2ccccc2CN1C(=O)Nc1cccc(N2CCOC2=O)c1. The lowest BCUT2D eigenvalue weighted by atomic mass is 10.1. The number of nitrogens with zero attached hydrogens (tertiary/aromatic N) is 3. The number of carbonyl (C=O) groups is 2. The molecule has 2 aliphatic heterocycles. The van der Waals surface area contributed by atoms with Crippen molar-refractivity contribution in [3.63, 3.8) is 0 Å². The van der Waals surface area contributed by atoms with Crippen LogP contribution in [0.5, 0.6) is 0 Å². The smallest absolute Gasteiger partial charge is 0.414 e. The number of anilines is 3. The fourth-order valence-corrected chi connectivity index (χ4v) is 4.00. The molecule has 2 aromatic rings. The zero-order chi connectivity index (χ0) is 20.4. The number of rotatable bonds is 3. The molecule has 29 heavy (non-hydrogen) atoms. The number of para-hydroxylation sites is 1. The average Bonchev–Trinajstić information content (AvgIpc) is 3.10.